The van der Waals surface area contributed by atoms with E-state index >= 15 is 0 Å². The maximum Gasteiger partial charge on any atom is 0.242 e. The Morgan fingerprint density at radius 3 is 2.39 bits per heavy atom. The van der Waals surface area contributed by atoms with E-state index in [4.69, 9.17) is 5.73 Å². The molecule has 6 heteroatoms. The average molecular weight is 452 g/mol. The lowest BCUT2D eigenvalue weighted by molar-refractivity contribution is -0.141. The minimum Gasteiger partial charge on any atom is -0.508 e. The lowest BCUT2D eigenvalue weighted by Gasteiger charge is -2.31. The molecule has 2 aromatic carbocycles. The first kappa shape index (κ1) is 24.8. The van der Waals surface area contributed by atoms with Crippen molar-refractivity contribution in [1.29, 1.82) is 0 Å². The zero-order valence-corrected chi connectivity index (χ0v) is 20.0. The number of nitrogens with zero attached hydrogens (tertiary/aromatic N) is 1. The van der Waals surface area contributed by atoms with E-state index in [0.717, 1.165) is 42.4 Å². The number of hydrogen-bond donors (Lipinski definition) is 3. The molecule has 0 bridgehead atoms. The Hall–Kier alpha value is -2.86. The highest BCUT2D eigenvalue weighted by molar-refractivity contribution is 5.89. The Balaban J connectivity index is 1.59. The van der Waals surface area contributed by atoms with Gasteiger partial charge in [-0.25, -0.2) is 0 Å². The summed E-state index contributed by atoms with van der Waals surface area (Å²) in [4.78, 5) is 27.9. The third-order valence-electron chi connectivity index (χ3n) is 6.49. The Morgan fingerprint density at radius 1 is 1.15 bits per heavy atom. The number of nitrogens with two attached hydrogens (primary N) is 1. The second kappa shape index (κ2) is 11.3. The molecule has 178 valence electrons. The zero-order valence-electron chi connectivity index (χ0n) is 20.0. The number of phenolic OH excluding ortho intramolecular Hbond substituents is 1. The van der Waals surface area contributed by atoms with Gasteiger partial charge < -0.3 is 21.1 Å². The number of amides is 2. The highest BCUT2D eigenvalue weighted by Gasteiger charge is 2.34. The van der Waals surface area contributed by atoms with Crippen LogP contribution in [0.4, 0.5) is 0 Å². The van der Waals surface area contributed by atoms with Crippen molar-refractivity contribution < 1.29 is 14.7 Å². The monoisotopic (exact) mass is 451 g/mol. The quantitative estimate of drug-likeness (QED) is 0.457. The van der Waals surface area contributed by atoms with Crippen LogP contribution in [0.25, 0.3) is 0 Å². The summed E-state index contributed by atoms with van der Waals surface area (Å²) in [6.45, 7) is 6.75. The summed E-state index contributed by atoms with van der Waals surface area (Å²) in [5.41, 5.74) is 10.4. The minimum atomic E-state index is -0.737. The highest BCUT2D eigenvalue weighted by Crippen LogP contribution is 2.31. The normalized spacial score (nSPS) is 15.0. The Kier molecular flexibility index (Phi) is 8.50. The fraction of sp³-hybridized carbons (Fsp3) is 0.481. The number of carbonyl (C=O) groups excluding carboxylic acids is 2. The van der Waals surface area contributed by atoms with Crippen molar-refractivity contribution in [2.75, 3.05) is 13.1 Å². The lowest BCUT2D eigenvalue weighted by atomic mass is 9.95. The first-order valence-corrected chi connectivity index (χ1v) is 11.9. The van der Waals surface area contributed by atoms with E-state index in [1.165, 1.54) is 5.56 Å². The van der Waals surface area contributed by atoms with E-state index in [-0.39, 0.29) is 17.6 Å². The van der Waals surface area contributed by atoms with Crippen LogP contribution in [0, 0.1) is 19.8 Å². The predicted octanol–water partition coefficient (Wildman–Crippen LogP) is 3.25. The molecule has 1 aliphatic carbocycles. The maximum absolute atomic E-state index is 13.3. The van der Waals surface area contributed by atoms with Crippen LogP contribution < -0.4 is 11.1 Å². The molecule has 0 aliphatic heterocycles. The predicted molar refractivity (Wildman–Crippen MR) is 131 cm³/mol. The molecule has 0 aromatic heterocycles. The van der Waals surface area contributed by atoms with Gasteiger partial charge in [0.25, 0.3) is 0 Å². The summed E-state index contributed by atoms with van der Waals surface area (Å²) in [5, 5.41) is 12.8. The number of aromatic hydroxyl groups is 1. The number of benzene rings is 2. The van der Waals surface area contributed by atoms with Gasteiger partial charge in [-0.1, -0.05) is 30.3 Å². The number of rotatable bonds is 11. The highest BCUT2D eigenvalue weighted by atomic mass is 16.3. The second-order valence-corrected chi connectivity index (χ2v) is 9.36. The summed E-state index contributed by atoms with van der Waals surface area (Å²) in [6, 6.07) is 12.3. The number of hydrogen-bond acceptors (Lipinski definition) is 4. The van der Waals surface area contributed by atoms with Crippen LogP contribution in [0.15, 0.2) is 42.5 Å². The molecule has 2 aromatic rings. The molecule has 0 saturated heterocycles. The number of carbonyl (C=O) groups is 2. The van der Waals surface area contributed by atoms with Crippen molar-refractivity contribution in [2.45, 2.75) is 65.0 Å². The lowest BCUT2D eigenvalue weighted by Crippen LogP contribution is -2.54. The topological polar surface area (TPSA) is 95.7 Å². The first-order chi connectivity index (χ1) is 15.8. The summed E-state index contributed by atoms with van der Waals surface area (Å²) in [6.07, 6.45) is 4.29. The van der Waals surface area contributed by atoms with Crippen LogP contribution in [0.2, 0.25) is 0 Å². The van der Waals surface area contributed by atoms with Crippen LogP contribution in [0.3, 0.4) is 0 Å². The number of aryl methyl sites for hydroxylation is 3. The summed E-state index contributed by atoms with van der Waals surface area (Å²) < 4.78 is 0. The molecule has 0 spiro atoms. The maximum atomic E-state index is 13.3. The van der Waals surface area contributed by atoms with Crippen LogP contribution in [0.1, 0.15) is 48.4 Å². The van der Waals surface area contributed by atoms with Crippen molar-refractivity contribution >= 4 is 11.8 Å². The third kappa shape index (κ3) is 7.06. The number of nitrogens with one attached hydrogen (secondary N) is 1. The molecule has 0 radical (unpaired) electrons. The van der Waals surface area contributed by atoms with E-state index < -0.39 is 12.1 Å². The molecule has 2 amide bonds. The smallest absolute Gasteiger partial charge is 0.242 e. The van der Waals surface area contributed by atoms with Crippen LogP contribution in [0.5, 0.6) is 5.75 Å². The fourth-order valence-electron chi connectivity index (χ4n) is 4.27. The molecule has 1 fully saturated rings. The SMILES string of the molecule is Cc1cc(O)cc(C)c1CC(N)C(=O)N(CC1CC1)[C@H](C)C(=O)NCCCc1ccccc1. The molecule has 2 atom stereocenters. The Labute approximate surface area is 197 Å². The van der Waals surface area contributed by atoms with E-state index in [1.807, 2.05) is 32.0 Å². The molecule has 1 unspecified atom stereocenters. The van der Waals surface area contributed by atoms with Gasteiger partial charge in [-0.3, -0.25) is 9.59 Å². The molecule has 4 N–H and O–H groups in total. The molecule has 1 saturated carbocycles. The molecule has 1 aliphatic rings. The summed E-state index contributed by atoms with van der Waals surface area (Å²) >= 11 is 0. The van der Waals surface area contributed by atoms with E-state index in [1.54, 1.807) is 24.0 Å². The fourth-order valence-corrected chi connectivity index (χ4v) is 4.27. The van der Waals surface area contributed by atoms with Gasteiger partial charge in [0.1, 0.15) is 11.8 Å². The minimum absolute atomic E-state index is 0.138. The molecule has 0 heterocycles. The molecule has 33 heavy (non-hydrogen) atoms. The summed E-state index contributed by atoms with van der Waals surface area (Å²) in [5.74, 6) is 0.329. The number of phenols is 1. The third-order valence-corrected chi connectivity index (χ3v) is 6.49. The van der Waals surface area contributed by atoms with Gasteiger partial charge in [0.15, 0.2) is 0 Å². The van der Waals surface area contributed by atoms with Crippen molar-refractivity contribution in [3.63, 3.8) is 0 Å². The molecule has 3 rings (SSSR count). The molecular formula is C27H37N3O3. The van der Waals surface area contributed by atoms with E-state index in [0.29, 0.717) is 25.4 Å². The van der Waals surface area contributed by atoms with Gasteiger partial charge in [0, 0.05) is 13.1 Å². The van der Waals surface area contributed by atoms with Crippen molar-refractivity contribution in [3.8, 4) is 5.75 Å². The van der Waals surface area contributed by atoms with Crippen molar-refractivity contribution in [2.24, 2.45) is 11.7 Å². The molecular weight excluding hydrogens is 414 g/mol. The van der Waals surface area contributed by atoms with E-state index in [9.17, 15) is 14.7 Å². The van der Waals surface area contributed by atoms with Crippen molar-refractivity contribution in [1.82, 2.24) is 10.2 Å². The van der Waals surface area contributed by atoms with Gasteiger partial charge >= 0.3 is 0 Å². The van der Waals surface area contributed by atoms with Gasteiger partial charge in [-0.05, 0) is 93.2 Å². The van der Waals surface area contributed by atoms with Crippen LogP contribution in [-0.2, 0) is 22.4 Å². The Morgan fingerprint density at radius 2 is 1.79 bits per heavy atom. The van der Waals surface area contributed by atoms with Gasteiger partial charge in [0.2, 0.25) is 11.8 Å². The van der Waals surface area contributed by atoms with Gasteiger partial charge in [-0.15, -0.1) is 0 Å². The second-order valence-electron chi connectivity index (χ2n) is 9.36. The standard InChI is InChI=1S/C27H37N3O3/c1-18-14-23(31)15-19(2)24(18)16-25(28)27(33)30(17-22-11-12-22)20(3)26(32)29-13-7-10-21-8-5-4-6-9-21/h4-6,8-9,14-15,20,22,25,31H,7,10-13,16-17,28H2,1-3H3,(H,29,32)/t20-,25?/m1/s1. The zero-order chi connectivity index (χ0) is 24.0. The van der Waals surface area contributed by atoms with Crippen LogP contribution in [-0.4, -0.2) is 47.0 Å². The van der Waals surface area contributed by atoms with Gasteiger partial charge in [0.05, 0.1) is 6.04 Å². The van der Waals surface area contributed by atoms with E-state index in [2.05, 4.69) is 17.4 Å². The van der Waals surface area contributed by atoms with Gasteiger partial charge in [-0.2, -0.15) is 0 Å². The Bertz CT molecular complexity index is 933. The molecule has 6 nitrogen and oxygen atoms in total. The first-order valence-electron chi connectivity index (χ1n) is 11.9. The largest absolute Gasteiger partial charge is 0.508 e. The summed E-state index contributed by atoms with van der Waals surface area (Å²) in [7, 11) is 0. The van der Waals surface area contributed by atoms with Crippen molar-refractivity contribution in [3.05, 3.63) is 64.7 Å². The average Bonchev–Trinajstić information content (AvgIpc) is 3.61. The van der Waals surface area contributed by atoms with Crippen LogP contribution >= 0.6 is 0 Å².